The Morgan fingerprint density at radius 3 is 2.12 bits per heavy atom. The van der Waals surface area contributed by atoms with Gasteiger partial charge in [-0.15, -0.1) is 0 Å². The Hall–Kier alpha value is -0.0400. The van der Waals surface area contributed by atoms with Gasteiger partial charge in [0.15, 0.2) is 0 Å². The number of nitrogens with zero attached hydrogens (tertiary/aromatic N) is 1. The summed E-state index contributed by atoms with van der Waals surface area (Å²) in [7, 11) is 0. The molecule has 3 rings (SSSR count). The van der Waals surface area contributed by atoms with E-state index in [1.165, 1.54) is 19.3 Å². The summed E-state index contributed by atoms with van der Waals surface area (Å²) in [4.78, 5) is 2.69. The van der Waals surface area contributed by atoms with Gasteiger partial charge in [-0.1, -0.05) is 0 Å². The topological polar surface area (TPSA) is 3.24 Å². The predicted molar refractivity (Wildman–Crippen MR) is 31.7 cm³/mol. The Morgan fingerprint density at radius 1 is 1.38 bits per heavy atom. The molecule has 0 aromatic heterocycles. The summed E-state index contributed by atoms with van der Waals surface area (Å²) in [6, 6.07) is 2.08. The Balaban J connectivity index is 1.99. The third-order valence-electron chi connectivity index (χ3n) is 3.31. The van der Waals surface area contributed by atoms with Gasteiger partial charge in [0.25, 0.3) is 0 Å². The molecule has 2 atom stereocenters. The van der Waals surface area contributed by atoms with Crippen LogP contribution in [0.25, 0.3) is 0 Å². The first-order chi connectivity index (χ1) is 3.80. The average molecular weight is 109 g/mol. The lowest BCUT2D eigenvalue weighted by molar-refractivity contribution is -0.266. The van der Waals surface area contributed by atoms with E-state index >= 15 is 0 Å². The van der Waals surface area contributed by atoms with Crippen LogP contribution in [-0.4, -0.2) is 22.5 Å². The molecule has 3 heterocycles. The molecule has 0 amide bonds. The molecule has 0 N–H and O–H groups in total. The standard InChI is InChI=1S/C7H11N/c1-7-3-5-2-6(4-7)8(5)7/h5-6H,2-4H2,1H3. The largest absolute Gasteiger partial charge is 0.292 e. The normalized spacial score (nSPS) is 67.1. The summed E-state index contributed by atoms with van der Waals surface area (Å²) in [5, 5.41) is 0. The highest BCUT2D eigenvalue weighted by Crippen LogP contribution is 2.61. The van der Waals surface area contributed by atoms with Crippen molar-refractivity contribution in [1.29, 1.82) is 0 Å². The van der Waals surface area contributed by atoms with E-state index in [2.05, 4.69) is 11.8 Å². The van der Waals surface area contributed by atoms with Crippen molar-refractivity contribution in [1.82, 2.24) is 4.90 Å². The second-order valence-electron chi connectivity index (χ2n) is 3.86. The minimum absolute atomic E-state index is 0.716. The number of piperidine rings is 3. The second-order valence-corrected chi connectivity index (χ2v) is 3.86. The molecule has 3 saturated heterocycles. The zero-order valence-electron chi connectivity index (χ0n) is 5.22. The van der Waals surface area contributed by atoms with Crippen molar-refractivity contribution >= 4 is 0 Å². The molecule has 0 radical (unpaired) electrons. The minimum Gasteiger partial charge on any atom is -0.292 e. The van der Waals surface area contributed by atoms with Crippen molar-refractivity contribution < 1.29 is 0 Å². The summed E-state index contributed by atoms with van der Waals surface area (Å²) in [5.41, 5.74) is 0.716. The van der Waals surface area contributed by atoms with E-state index in [-0.39, 0.29) is 0 Å². The lowest BCUT2D eigenvalue weighted by Crippen LogP contribution is -2.85. The second kappa shape index (κ2) is 0.766. The molecule has 1 heteroatoms. The smallest absolute Gasteiger partial charge is 0.0217 e. The van der Waals surface area contributed by atoms with Gasteiger partial charge in [-0.2, -0.15) is 0 Å². The first-order valence-corrected chi connectivity index (χ1v) is 3.58. The van der Waals surface area contributed by atoms with Crippen LogP contribution < -0.4 is 0 Å². The van der Waals surface area contributed by atoms with Crippen LogP contribution in [0, 0.1) is 0 Å². The fraction of sp³-hybridized carbons (Fsp3) is 1.00. The fourth-order valence-corrected chi connectivity index (χ4v) is 3.03. The van der Waals surface area contributed by atoms with E-state index in [9.17, 15) is 0 Å². The van der Waals surface area contributed by atoms with E-state index in [1.807, 2.05) is 0 Å². The molecular formula is C7H11N. The quantitative estimate of drug-likeness (QED) is 0.448. The summed E-state index contributed by atoms with van der Waals surface area (Å²) < 4.78 is 0. The molecule has 3 aliphatic heterocycles. The van der Waals surface area contributed by atoms with Crippen LogP contribution in [0.4, 0.5) is 0 Å². The van der Waals surface area contributed by atoms with Crippen LogP contribution in [0.15, 0.2) is 0 Å². The van der Waals surface area contributed by atoms with E-state index in [1.54, 1.807) is 0 Å². The summed E-state index contributed by atoms with van der Waals surface area (Å²) in [6.07, 6.45) is 4.53. The maximum absolute atomic E-state index is 2.69. The van der Waals surface area contributed by atoms with Crippen molar-refractivity contribution in [2.45, 2.75) is 43.8 Å². The molecule has 1 nitrogen and oxygen atoms in total. The molecule has 0 aromatic rings. The minimum atomic E-state index is 0.716. The molecule has 0 aliphatic carbocycles. The molecule has 0 bridgehead atoms. The van der Waals surface area contributed by atoms with Crippen LogP contribution in [0.5, 0.6) is 0 Å². The number of rotatable bonds is 0. The Bertz CT molecular complexity index is 140. The first kappa shape index (κ1) is 3.89. The fourth-order valence-electron chi connectivity index (χ4n) is 3.03. The van der Waals surface area contributed by atoms with Gasteiger partial charge in [0.2, 0.25) is 0 Å². The van der Waals surface area contributed by atoms with Gasteiger partial charge in [-0.25, -0.2) is 0 Å². The molecule has 2 unspecified atom stereocenters. The average Bonchev–Trinajstić information content (AvgIpc) is 1.63. The van der Waals surface area contributed by atoms with Crippen molar-refractivity contribution in [2.24, 2.45) is 0 Å². The maximum Gasteiger partial charge on any atom is 0.0217 e. The molecule has 44 valence electrons. The van der Waals surface area contributed by atoms with Crippen molar-refractivity contribution in [3.05, 3.63) is 0 Å². The lowest BCUT2D eigenvalue weighted by atomic mass is 9.56. The van der Waals surface area contributed by atoms with Crippen LogP contribution >= 0.6 is 0 Å². The summed E-state index contributed by atoms with van der Waals surface area (Å²) >= 11 is 0. The van der Waals surface area contributed by atoms with Gasteiger partial charge in [0.1, 0.15) is 0 Å². The van der Waals surface area contributed by atoms with Gasteiger partial charge in [-0.3, -0.25) is 4.90 Å². The van der Waals surface area contributed by atoms with E-state index in [4.69, 9.17) is 0 Å². The predicted octanol–water partition coefficient (Wildman–Crippen LogP) is 0.995. The van der Waals surface area contributed by atoms with Gasteiger partial charge in [0, 0.05) is 17.6 Å². The monoisotopic (exact) mass is 109 g/mol. The highest BCUT2D eigenvalue weighted by atomic mass is 15.4. The molecule has 8 heavy (non-hydrogen) atoms. The van der Waals surface area contributed by atoms with Crippen molar-refractivity contribution in [3.63, 3.8) is 0 Å². The third kappa shape index (κ3) is 0.188. The van der Waals surface area contributed by atoms with Crippen LogP contribution in [-0.2, 0) is 0 Å². The zero-order chi connectivity index (χ0) is 5.35. The molecule has 0 saturated carbocycles. The molecule has 0 spiro atoms. The van der Waals surface area contributed by atoms with Gasteiger partial charge in [0.05, 0.1) is 0 Å². The van der Waals surface area contributed by atoms with Gasteiger partial charge >= 0.3 is 0 Å². The maximum atomic E-state index is 2.69. The Labute approximate surface area is 49.7 Å². The molecule has 3 aliphatic rings. The van der Waals surface area contributed by atoms with Crippen LogP contribution in [0.1, 0.15) is 26.2 Å². The van der Waals surface area contributed by atoms with E-state index < -0.39 is 0 Å². The summed E-state index contributed by atoms with van der Waals surface area (Å²) in [6.45, 7) is 2.40. The highest BCUT2D eigenvalue weighted by molar-refractivity contribution is 5.23. The zero-order valence-corrected chi connectivity index (χ0v) is 5.22. The van der Waals surface area contributed by atoms with Gasteiger partial charge < -0.3 is 0 Å². The third-order valence-corrected chi connectivity index (χ3v) is 3.31. The van der Waals surface area contributed by atoms with Crippen molar-refractivity contribution in [2.75, 3.05) is 0 Å². The summed E-state index contributed by atoms with van der Waals surface area (Å²) in [5.74, 6) is 0. The molecule has 3 fully saturated rings. The molecular weight excluding hydrogens is 98.1 g/mol. The van der Waals surface area contributed by atoms with Crippen LogP contribution in [0.2, 0.25) is 0 Å². The van der Waals surface area contributed by atoms with Crippen LogP contribution in [0.3, 0.4) is 0 Å². The number of hydrogen-bond donors (Lipinski definition) is 0. The van der Waals surface area contributed by atoms with Crippen molar-refractivity contribution in [3.8, 4) is 0 Å². The van der Waals surface area contributed by atoms with Gasteiger partial charge in [-0.05, 0) is 26.2 Å². The van der Waals surface area contributed by atoms with E-state index in [0.717, 1.165) is 12.1 Å². The molecule has 0 aromatic carbocycles. The Morgan fingerprint density at radius 2 is 2.00 bits per heavy atom. The van der Waals surface area contributed by atoms with E-state index in [0.29, 0.717) is 5.54 Å². The number of hydrogen-bond acceptors (Lipinski definition) is 1. The Kier molecular flexibility index (Phi) is 0.372. The lowest BCUT2D eigenvalue weighted by Gasteiger charge is -2.78. The first-order valence-electron chi connectivity index (χ1n) is 3.58. The SMILES string of the molecule is CC12CC3CC(C1)N32. The highest BCUT2D eigenvalue weighted by Gasteiger charge is 2.67.